The molecule has 2 aromatic rings. The second kappa shape index (κ2) is 6.48. The highest BCUT2D eigenvalue weighted by Crippen LogP contribution is 2.45. The largest absolute Gasteiger partial charge is 0.496 e. The van der Waals surface area contributed by atoms with Crippen molar-refractivity contribution in [3.8, 4) is 5.75 Å². The van der Waals surface area contributed by atoms with Crippen LogP contribution in [0.25, 0.3) is 0 Å². The number of benzene rings is 1. The van der Waals surface area contributed by atoms with Gasteiger partial charge in [-0.3, -0.25) is 0 Å². The summed E-state index contributed by atoms with van der Waals surface area (Å²) in [6.07, 6.45) is 3.17. The first-order valence-electron chi connectivity index (χ1n) is 8.19. The van der Waals surface area contributed by atoms with Crippen LogP contribution in [0.5, 0.6) is 5.75 Å². The molecule has 0 bridgehead atoms. The predicted octanol–water partition coefficient (Wildman–Crippen LogP) is 2.48. The van der Waals surface area contributed by atoms with Crippen LogP contribution >= 0.6 is 0 Å². The van der Waals surface area contributed by atoms with E-state index in [2.05, 4.69) is 4.72 Å². The number of hydrogen-bond acceptors (Lipinski definition) is 5. The van der Waals surface area contributed by atoms with Crippen LogP contribution in [0.1, 0.15) is 29.7 Å². The van der Waals surface area contributed by atoms with Gasteiger partial charge in [-0.05, 0) is 68.0 Å². The molecule has 7 heteroatoms. The van der Waals surface area contributed by atoms with Gasteiger partial charge in [0.1, 0.15) is 17.1 Å². The van der Waals surface area contributed by atoms with Crippen molar-refractivity contribution < 1.29 is 22.7 Å². The fourth-order valence-electron chi connectivity index (χ4n) is 3.19. The molecule has 1 aromatic heterocycles. The summed E-state index contributed by atoms with van der Waals surface area (Å²) in [6, 6.07) is 6.50. The summed E-state index contributed by atoms with van der Waals surface area (Å²) in [7, 11) is -2.21. The minimum Gasteiger partial charge on any atom is -0.496 e. The van der Waals surface area contributed by atoms with Crippen molar-refractivity contribution in [2.45, 2.75) is 37.2 Å². The second-order valence-electron chi connectivity index (χ2n) is 6.59. The number of nitrogens with one attached hydrogen (secondary N) is 1. The van der Waals surface area contributed by atoms with Gasteiger partial charge in [-0.25, -0.2) is 13.1 Å². The molecule has 1 heterocycles. The van der Waals surface area contributed by atoms with Gasteiger partial charge in [0.2, 0.25) is 10.0 Å². The molecule has 136 valence electrons. The smallest absolute Gasteiger partial charge is 0.240 e. The van der Waals surface area contributed by atoms with E-state index in [1.165, 1.54) is 6.26 Å². The van der Waals surface area contributed by atoms with E-state index >= 15 is 0 Å². The van der Waals surface area contributed by atoms with Crippen LogP contribution in [0.15, 0.2) is 39.8 Å². The maximum Gasteiger partial charge on any atom is 0.240 e. The topological polar surface area (TPSA) is 88.8 Å². The Kier molecular flexibility index (Phi) is 4.66. The number of sulfonamides is 1. The van der Waals surface area contributed by atoms with Gasteiger partial charge in [0.05, 0.1) is 18.3 Å². The zero-order valence-electron chi connectivity index (χ0n) is 14.6. The number of aryl methyl sites for hydroxylation is 2. The average molecular weight is 365 g/mol. The Hall–Kier alpha value is -1.83. The molecule has 0 radical (unpaired) electrons. The summed E-state index contributed by atoms with van der Waals surface area (Å²) in [5.41, 5.74) is 0.158. The number of ether oxygens (including phenoxy) is 1. The molecule has 6 nitrogen and oxygen atoms in total. The van der Waals surface area contributed by atoms with Crippen LogP contribution in [0.4, 0.5) is 0 Å². The molecule has 0 spiro atoms. The van der Waals surface area contributed by atoms with Gasteiger partial charge in [0.25, 0.3) is 0 Å². The maximum atomic E-state index is 12.7. The van der Waals surface area contributed by atoms with Crippen molar-refractivity contribution in [1.82, 2.24) is 4.72 Å². The van der Waals surface area contributed by atoms with Crippen molar-refractivity contribution in [3.05, 3.63) is 47.4 Å². The van der Waals surface area contributed by atoms with E-state index in [0.717, 1.165) is 24.0 Å². The van der Waals surface area contributed by atoms with Gasteiger partial charge < -0.3 is 14.3 Å². The normalized spacial score (nSPS) is 17.3. The van der Waals surface area contributed by atoms with Gasteiger partial charge in [0.15, 0.2) is 0 Å². The first-order valence-corrected chi connectivity index (χ1v) is 9.67. The van der Waals surface area contributed by atoms with Crippen LogP contribution in [0, 0.1) is 19.8 Å². The molecule has 3 rings (SSSR count). The maximum absolute atomic E-state index is 12.7. The molecular weight excluding hydrogens is 342 g/mol. The first kappa shape index (κ1) is 18.0. The fraction of sp³-hybridized carbons (Fsp3) is 0.444. The number of rotatable bonds is 7. The Morgan fingerprint density at radius 2 is 1.96 bits per heavy atom. The highest BCUT2D eigenvalue weighted by atomic mass is 32.2. The Balaban J connectivity index is 1.84. The van der Waals surface area contributed by atoms with Crippen LogP contribution in [0.2, 0.25) is 0 Å². The Labute approximate surface area is 147 Å². The highest BCUT2D eigenvalue weighted by molar-refractivity contribution is 7.89. The van der Waals surface area contributed by atoms with Gasteiger partial charge in [0, 0.05) is 6.54 Å². The van der Waals surface area contributed by atoms with Gasteiger partial charge in [-0.15, -0.1) is 0 Å². The van der Waals surface area contributed by atoms with Crippen molar-refractivity contribution >= 4 is 10.0 Å². The van der Waals surface area contributed by atoms with Crippen LogP contribution < -0.4 is 9.46 Å². The second-order valence-corrected chi connectivity index (χ2v) is 8.36. The van der Waals surface area contributed by atoms with Crippen LogP contribution in [0.3, 0.4) is 0 Å². The molecule has 0 unspecified atom stereocenters. The van der Waals surface area contributed by atoms with E-state index in [4.69, 9.17) is 9.15 Å². The summed E-state index contributed by atoms with van der Waals surface area (Å²) < 4.78 is 38.6. The molecule has 1 aliphatic carbocycles. The molecule has 1 aromatic carbocycles. The van der Waals surface area contributed by atoms with Gasteiger partial charge >= 0.3 is 0 Å². The minimum atomic E-state index is -3.77. The zero-order chi connectivity index (χ0) is 18.2. The Morgan fingerprint density at radius 1 is 1.32 bits per heavy atom. The lowest BCUT2D eigenvalue weighted by Gasteiger charge is -2.26. The van der Waals surface area contributed by atoms with Crippen molar-refractivity contribution in [1.29, 1.82) is 0 Å². The molecule has 0 saturated heterocycles. The predicted molar refractivity (Wildman–Crippen MR) is 93.0 cm³/mol. The molecule has 1 aliphatic rings. The lowest BCUT2D eigenvalue weighted by atomic mass is 9.95. The number of methoxy groups -OCH3 is 1. The number of aliphatic hydroxyl groups is 1. The zero-order valence-corrected chi connectivity index (χ0v) is 15.4. The van der Waals surface area contributed by atoms with E-state index in [-0.39, 0.29) is 17.4 Å². The quantitative estimate of drug-likeness (QED) is 0.787. The molecule has 1 atom stereocenters. The van der Waals surface area contributed by atoms with Crippen molar-refractivity contribution in [3.63, 3.8) is 0 Å². The van der Waals surface area contributed by atoms with Crippen LogP contribution in [-0.4, -0.2) is 27.2 Å². The molecule has 0 amide bonds. The fourth-order valence-corrected chi connectivity index (χ4v) is 4.44. The van der Waals surface area contributed by atoms with Crippen molar-refractivity contribution in [2.75, 3.05) is 13.7 Å². The third-order valence-electron chi connectivity index (χ3n) is 4.68. The lowest BCUT2D eigenvalue weighted by molar-refractivity contribution is -0.00224. The van der Waals surface area contributed by atoms with Gasteiger partial charge in [-0.2, -0.15) is 0 Å². The Morgan fingerprint density at radius 3 is 2.44 bits per heavy atom. The first-order chi connectivity index (χ1) is 11.8. The van der Waals surface area contributed by atoms with E-state index in [0.29, 0.717) is 11.5 Å². The monoisotopic (exact) mass is 365 g/mol. The SMILES string of the molecule is COc1c(C)cc(S(=O)(=O)NC[C@@](O)(c2ccco2)C2CC2)cc1C. The third-order valence-corrected chi connectivity index (χ3v) is 6.06. The third kappa shape index (κ3) is 3.44. The number of furan rings is 1. The van der Waals surface area contributed by atoms with E-state index < -0.39 is 15.6 Å². The van der Waals surface area contributed by atoms with Crippen molar-refractivity contribution in [2.24, 2.45) is 5.92 Å². The summed E-state index contributed by atoms with van der Waals surface area (Å²) in [6.45, 7) is 3.47. The average Bonchev–Trinajstić information content (AvgIpc) is 3.27. The standard InChI is InChI=1S/C18H23NO5S/c1-12-9-15(10-13(2)17(12)23-3)25(21,22)19-11-18(20,14-6-7-14)16-5-4-8-24-16/h4-5,8-10,14,19-20H,6-7,11H2,1-3H3/t18-/m0/s1. The summed E-state index contributed by atoms with van der Waals surface area (Å²) in [5, 5.41) is 11.0. The lowest BCUT2D eigenvalue weighted by Crippen LogP contribution is -2.42. The molecule has 2 N–H and O–H groups in total. The molecule has 1 fully saturated rings. The Bertz CT molecular complexity index is 833. The van der Waals surface area contributed by atoms with E-state index in [1.807, 2.05) is 0 Å². The molecular formula is C18H23NO5S. The summed E-state index contributed by atoms with van der Waals surface area (Å²) >= 11 is 0. The highest BCUT2D eigenvalue weighted by Gasteiger charge is 2.47. The van der Waals surface area contributed by atoms with Crippen LogP contribution in [-0.2, 0) is 15.6 Å². The van der Waals surface area contributed by atoms with E-state index in [1.54, 1.807) is 45.2 Å². The number of hydrogen-bond donors (Lipinski definition) is 2. The summed E-state index contributed by atoms with van der Waals surface area (Å²) in [5.74, 6) is 1.06. The van der Waals surface area contributed by atoms with Gasteiger partial charge in [-0.1, -0.05) is 0 Å². The molecule has 25 heavy (non-hydrogen) atoms. The molecule has 1 saturated carbocycles. The minimum absolute atomic E-state index is 0.000639. The van der Waals surface area contributed by atoms with E-state index in [9.17, 15) is 13.5 Å². The summed E-state index contributed by atoms with van der Waals surface area (Å²) in [4.78, 5) is 0.154. The molecule has 0 aliphatic heterocycles.